The van der Waals surface area contributed by atoms with Gasteiger partial charge < -0.3 is 9.72 Å². The lowest BCUT2D eigenvalue weighted by Gasteiger charge is -2.30. The minimum absolute atomic E-state index is 0.293. The van der Waals surface area contributed by atoms with Crippen molar-refractivity contribution in [3.05, 3.63) is 84.1 Å². The fourth-order valence-corrected chi connectivity index (χ4v) is 6.80. The van der Waals surface area contributed by atoms with Gasteiger partial charge in [0.2, 0.25) is 10.0 Å². The van der Waals surface area contributed by atoms with Crippen LogP contribution < -0.4 is 4.74 Å². The molecular formula is C29H35N3O3S. The number of ether oxygens (including phenoxy) is 1. The second kappa shape index (κ2) is 11.0. The lowest BCUT2D eigenvalue weighted by atomic mass is 10.0. The molecule has 6 nitrogen and oxygen atoms in total. The normalized spacial score (nSPS) is 19.8. The number of methoxy groups -OCH3 is 1. The first kappa shape index (κ1) is 24.8. The third kappa shape index (κ3) is 5.28. The summed E-state index contributed by atoms with van der Waals surface area (Å²) < 4.78 is 33.7. The minimum Gasteiger partial charge on any atom is -0.496 e. The number of likely N-dealkylation sites (tertiary alicyclic amines) is 1. The molecule has 0 saturated carbocycles. The number of rotatable bonds is 7. The van der Waals surface area contributed by atoms with Crippen LogP contribution in [0.15, 0.2) is 77.7 Å². The van der Waals surface area contributed by atoms with Gasteiger partial charge in [-0.05, 0) is 61.7 Å². The third-order valence-corrected chi connectivity index (χ3v) is 9.15. The van der Waals surface area contributed by atoms with Crippen LogP contribution in [0.3, 0.4) is 0 Å². The van der Waals surface area contributed by atoms with Crippen molar-refractivity contribution in [3.63, 3.8) is 0 Å². The van der Waals surface area contributed by atoms with Crippen LogP contribution in [0.4, 0.5) is 0 Å². The van der Waals surface area contributed by atoms with E-state index in [1.807, 2.05) is 18.2 Å². The Hall–Kier alpha value is -2.87. The molecule has 0 spiro atoms. The molecule has 5 rings (SSSR count). The number of benzene rings is 2. The molecule has 1 saturated heterocycles. The van der Waals surface area contributed by atoms with Crippen LogP contribution >= 0.6 is 0 Å². The number of sulfonamides is 1. The number of H-pyrrole nitrogens is 1. The summed E-state index contributed by atoms with van der Waals surface area (Å²) >= 11 is 0. The molecule has 7 heteroatoms. The zero-order valence-corrected chi connectivity index (χ0v) is 21.7. The molecule has 3 aromatic rings. The average molecular weight is 506 g/mol. The Labute approximate surface area is 214 Å². The van der Waals surface area contributed by atoms with E-state index in [9.17, 15) is 8.42 Å². The molecule has 1 atom stereocenters. The van der Waals surface area contributed by atoms with Crippen molar-refractivity contribution in [2.24, 2.45) is 0 Å². The Balaban J connectivity index is 1.41. The fraction of sp³-hybridized carbons (Fsp3) is 0.379. The molecule has 0 radical (unpaired) electrons. The van der Waals surface area contributed by atoms with Gasteiger partial charge in [-0.2, -0.15) is 4.31 Å². The highest BCUT2D eigenvalue weighted by molar-refractivity contribution is 7.89. The Morgan fingerprint density at radius 2 is 1.83 bits per heavy atom. The van der Waals surface area contributed by atoms with Crippen molar-refractivity contribution >= 4 is 10.0 Å². The van der Waals surface area contributed by atoms with Crippen molar-refractivity contribution < 1.29 is 13.2 Å². The maximum atomic E-state index is 13.3. The average Bonchev–Trinajstić information content (AvgIpc) is 3.26. The topological polar surface area (TPSA) is 65.6 Å². The van der Waals surface area contributed by atoms with Gasteiger partial charge in [0.1, 0.15) is 5.75 Å². The van der Waals surface area contributed by atoms with E-state index in [0.29, 0.717) is 29.8 Å². The Kier molecular flexibility index (Phi) is 7.60. The van der Waals surface area contributed by atoms with E-state index in [4.69, 9.17) is 4.74 Å². The third-order valence-electron chi connectivity index (χ3n) is 7.29. The van der Waals surface area contributed by atoms with Gasteiger partial charge >= 0.3 is 0 Å². The summed E-state index contributed by atoms with van der Waals surface area (Å²) in [5.74, 6) is 0.651. The van der Waals surface area contributed by atoms with E-state index in [1.54, 1.807) is 25.3 Å². The van der Waals surface area contributed by atoms with E-state index >= 15 is 0 Å². The van der Waals surface area contributed by atoms with Crippen molar-refractivity contribution in [1.29, 1.82) is 0 Å². The van der Waals surface area contributed by atoms with Crippen molar-refractivity contribution in [1.82, 2.24) is 14.2 Å². The molecular weight excluding hydrogens is 470 g/mol. The largest absolute Gasteiger partial charge is 0.496 e. The zero-order valence-electron chi connectivity index (χ0n) is 20.9. The van der Waals surface area contributed by atoms with Crippen LogP contribution in [0.2, 0.25) is 0 Å². The van der Waals surface area contributed by atoms with Crippen LogP contribution in [-0.4, -0.2) is 49.4 Å². The number of nitrogens with one attached hydrogen (secondary N) is 1. The van der Waals surface area contributed by atoms with Crippen LogP contribution in [0.25, 0.3) is 11.3 Å². The standard InChI is InChI=1S/C29H35N3O3S/c1-35-29-17-15-25(36(33,34)32-19-9-4-10-20-32)21-26(29)27-16-14-24(30-27)22-31-18-8-3-7-13-28(31)23-11-5-2-6-12-23/h2,4-6,9,11-12,14-17,21,28,30H,3,7-8,10,13,18-20,22H2,1H3. The fourth-order valence-electron chi connectivity index (χ4n) is 5.36. The molecule has 0 aliphatic carbocycles. The van der Waals surface area contributed by atoms with Crippen LogP contribution in [0.1, 0.15) is 49.4 Å². The van der Waals surface area contributed by atoms with E-state index in [2.05, 4.69) is 46.3 Å². The highest BCUT2D eigenvalue weighted by Gasteiger charge is 2.26. The summed E-state index contributed by atoms with van der Waals surface area (Å²) in [6.07, 6.45) is 9.56. The number of aromatic nitrogens is 1. The molecule has 1 fully saturated rings. The predicted molar refractivity (Wildman–Crippen MR) is 143 cm³/mol. The molecule has 0 amide bonds. The SMILES string of the molecule is COc1ccc(S(=O)(=O)N2CC=CCC2)cc1-c1ccc(CN2CCCCCC2c2ccccc2)[nH]1. The number of nitrogens with zero attached hydrogens (tertiary/aromatic N) is 2. The van der Waals surface area contributed by atoms with Crippen molar-refractivity contribution in [2.75, 3.05) is 26.7 Å². The maximum absolute atomic E-state index is 13.3. The smallest absolute Gasteiger partial charge is 0.243 e. The van der Waals surface area contributed by atoms with E-state index in [1.165, 1.54) is 29.1 Å². The molecule has 36 heavy (non-hydrogen) atoms. The first-order valence-corrected chi connectivity index (χ1v) is 14.3. The molecule has 190 valence electrons. The number of aromatic amines is 1. The zero-order chi connectivity index (χ0) is 25.0. The predicted octanol–water partition coefficient (Wildman–Crippen LogP) is 5.76. The maximum Gasteiger partial charge on any atom is 0.243 e. The molecule has 1 aromatic heterocycles. The summed E-state index contributed by atoms with van der Waals surface area (Å²) in [5, 5.41) is 0. The second-order valence-corrected chi connectivity index (χ2v) is 11.6. The summed E-state index contributed by atoms with van der Waals surface area (Å²) in [6.45, 7) is 2.80. The van der Waals surface area contributed by atoms with Gasteiger partial charge in [-0.3, -0.25) is 4.90 Å². The van der Waals surface area contributed by atoms with Crippen LogP contribution in [-0.2, 0) is 16.6 Å². The summed E-state index contributed by atoms with van der Waals surface area (Å²) in [7, 11) is -1.95. The van der Waals surface area contributed by atoms with Gasteiger partial charge in [0.25, 0.3) is 0 Å². The van der Waals surface area contributed by atoms with Gasteiger partial charge in [0.05, 0.1) is 12.0 Å². The first-order chi connectivity index (χ1) is 17.6. The monoisotopic (exact) mass is 505 g/mol. The Morgan fingerprint density at radius 3 is 2.61 bits per heavy atom. The molecule has 1 unspecified atom stereocenters. The van der Waals surface area contributed by atoms with Crippen molar-refractivity contribution in [3.8, 4) is 17.0 Å². The van der Waals surface area contributed by atoms with Gasteiger partial charge in [0.15, 0.2) is 0 Å². The van der Waals surface area contributed by atoms with E-state index in [-0.39, 0.29) is 0 Å². The number of hydrogen-bond acceptors (Lipinski definition) is 4. The Bertz CT molecular complexity index is 1300. The van der Waals surface area contributed by atoms with Crippen molar-refractivity contribution in [2.45, 2.75) is 49.6 Å². The van der Waals surface area contributed by atoms with E-state index in [0.717, 1.165) is 42.9 Å². The van der Waals surface area contributed by atoms with Gasteiger partial charge in [-0.25, -0.2) is 8.42 Å². The van der Waals surface area contributed by atoms with Gasteiger partial charge in [-0.1, -0.05) is 55.3 Å². The molecule has 0 bridgehead atoms. The molecule has 2 aliphatic rings. The second-order valence-electron chi connectivity index (χ2n) is 9.63. The Morgan fingerprint density at radius 1 is 0.972 bits per heavy atom. The highest BCUT2D eigenvalue weighted by Crippen LogP contribution is 2.35. The number of hydrogen-bond donors (Lipinski definition) is 1. The van der Waals surface area contributed by atoms with Crippen LogP contribution in [0, 0.1) is 0 Å². The lowest BCUT2D eigenvalue weighted by Crippen LogP contribution is -2.33. The first-order valence-electron chi connectivity index (χ1n) is 12.9. The van der Waals surface area contributed by atoms with Gasteiger partial charge in [-0.15, -0.1) is 0 Å². The molecule has 2 aromatic carbocycles. The van der Waals surface area contributed by atoms with Gasteiger partial charge in [0, 0.05) is 42.6 Å². The quantitative estimate of drug-likeness (QED) is 0.415. The minimum atomic E-state index is -3.57. The summed E-state index contributed by atoms with van der Waals surface area (Å²) in [5.41, 5.74) is 4.11. The highest BCUT2D eigenvalue weighted by atomic mass is 32.2. The summed E-state index contributed by atoms with van der Waals surface area (Å²) in [4.78, 5) is 6.42. The lowest BCUT2D eigenvalue weighted by molar-refractivity contribution is 0.190. The molecule has 1 N–H and O–H groups in total. The van der Waals surface area contributed by atoms with Crippen LogP contribution in [0.5, 0.6) is 5.75 Å². The molecule has 2 aliphatic heterocycles. The van der Waals surface area contributed by atoms with E-state index < -0.39 is 10.0 Å². The molecule has 3 heterocycles. The summed E-state index contributed by atoms with van der Waals surface area (Å²) in [6, 6.07) is 20.5.